The molecule has 4 saturated heterocycles. The predicted molar refractivity (Wildman–Crippen MR) is 213 cm³/mol. The van der Waals surface area contributed by atoms with E-state index in [9.17, 15) is 39.3 Å². The zero-order chi connectivity index (χ0) is 43.9. The van der Waals surface area contributed by atoms with Crippen molar-refractivity contribution in [2.24, 2.45) is 41.4 Å². The monoisotopic (exact) mass is 992 g/mol. The number of ether oxygens (including phenoxy) is 6. The van der Waals surface area contributed by atoms with Crippen LogP contribution in [0, 0.1) is 41.4 Å². The van der Waals surface area contributed by atoms with Crippen LogP contribution in [0.1, 0.15) is 133 Å². The van der Waals surface area contributed by atoms with Gasteiger partial charge in [-0.1, -0.05) is 55.4 Å². The van der Waals surface area contributed by atoms with Gasteiger partial charge in [-0.15, -0.1) is 0 Å². The Morgan fingerprint density at radius 2 is 1.62 bits per heavy atom. The van der Waals surface area contributed by atoms with Gasteiger partial charge in [-0.2, -0.15) is 0 Å². The molecule has 340 valence electrons. The van der Waals surface area contributed by atoms with E-state index in [2.05, 4.69) is 4.52 Å². The minimum absolute atomic E-state index is 0. The molecule has 17 heteroatoms. The summed E-state index contributed by atoms with van der Waals surface area (Å²) in [6.07, 6.45) is 4.22. The first-order valence-electron chi connectivity index (χ1n) is 22.0. The number of carboxylic acid groups (broad SMARTS) is 1. The van der Waals surface area contributed by atoms with E-state index in [0.29, 0.717) is 64.2 Å². The predicted octanol–water partition coefficient (Wildman–Crippen LogP) is 2.65. The summed E-state index contributed by atoms with van der Waals surface area (Å²) in [6.45, 7) is 18.3. The molecule has 0 radical (unpaired) electrons. The van der Waals surface area contributed by atoms with Crippen molar-refractivity contribution in [3.8, 4) is 0 Å². The van der Waals surface area contributed by atoms with Crippen LogP contribution in [0.15, 0.2) is 12.2 Å². The summed E-state index contributed by atoms with van der Waals surface area (Å²) in [5.74, 6) is -6.96. The van der Waals surface area contributed by atoms with E-state index < -0.39 is 104 Å². The summed E-state index contributed by atoms with van der Waals surface area (Å²) in [6, 6.07) is 0. The molecule has 4 N–H and O–H groups in total. The fraction of sp³-hybridized carbons (Fsp3) is 0.907. The van der Waals surface area contributed by atoms with E-state index >= 15 is 0 Å². The number of carbonyl (C=O) groups excluding carboxylic acids is 1. The number of ketones is 1. The minimum Gasteiger partial charge on any atom is -0.756 e. The van der Waals surface area contributed by atoms with Crippen molar-refractivity contribution < 1.29 is 141 Å². The number of phosphoric acid groups is 1. The number of carbonyl (C=O) groups is 2. The van der Waals surface area contributed by atoms with Crippen LogP contribution in [-0.2, 0) is 47.1 Å². The van der Waals surface area contributed by atoms with Crippen molar-refractivity contribution in [3.05, 3.63) is 12.2 Å². The molecule has 5 aliphatic rings. The molecule has 5 aliphatic heterocycles. The van der Waals surface area contributed by atoms with Crippen LogP contribution in [0.4, 0.5) is 0 Å². The molecular weight excluding hydrogens is 920 g/mol. The Balaban J connectivity index is 0.00000794. The van der Waals surface area contributed by atoms with E-state index in [4.69, 9.17) is 28.4 Å². The van der Waals surface area contributed by atoms with Crippen molar-refractivity contribution in [2.45, 2.75) is 199 Å². The third-order valence-corrected chi connectivity index (χ3v) is 15.3. The maximum Gasteiger partial charge on any atom is 1.00 e. The first-order chi connectivity index (χ1) is 27.5. The standard InChI is InChI=1S/C43H73O15P.Cs/c1-11-30(39(46)47)32-15-14-24(4)36(55-32)28(8)38(52-23-53-59(49,50)51)27(7)35(45)31(12-2)37-25(5)22-26(6)42(56-37)19-16-33(44)43(58-42)21-20-40(10,57-43)34-17-18-41(48,13-3)29(9)54-34;/h16,19,24-34,36-38,44,48H,11-15,17-18,20-23H2,1-10H3,(H,46,47)(H2,49,50,51);/q;+1/p-1/t24-,25+,26-,27+,28+,29+,30+,31?,32?,33-,34-,36+,37+,38+,40+,41-,42-,43-;/m1./s1. The molecule has 0 saturated carbocycles. The number of carboxylic acids is 1. The van der Waals surface area contributed by atoms with Crippen LogP contribution in [0.2, 0.25) is 0 Å². The molecule has 0 aromatic carbocycles. The molecular formula is C43H72CsO15P. The van der Waals surface area contributed by atoms with Gasteiger partial charge in [0, 0.05) is 30.1 Å². The van der Waals surface area contributed by atoms with E-state index in [1.165, 1.54) is 0 Å². The largest absolute Gasteiger partial charge is 1.00 e. The number of hydrogen-bond acceptors (Lipinski definition) is 13. The van der Waals surface area contributed by atoms with Crippen molar-refractivity contribution in [2.75, 3.05) is 6.79 Å². The van der Waals surface area contributed by atoms with Crippen molar-refractivity contribution in [1.29, 1.82) is 0 Å². The number of phosphoric ester groups is 1. The Labute approximate surface area is 415 Å². The third-order valence-electron chi connectivity index (χ3n) is 14.9. The Hall–Kier alpha value is 0.722. The quantitative estimate of drug-likeness (QED) is 0.0993. The topological polar surface area (TPSA) is 220 Å². The molecule has 0 aromatic rings. The van der Waals surface area contributed by atoms with E-state index in [0.717, 1.165) is 0 Å². The average Bonchev–Trinajstić information content (AvgIpc) is 3.52. The Bertz CT molecular complexity index is 1550. The maximum atomic E-state index is 14.9. The van der Waals surface area contributed by atoms with Crippen LogP contribution in [0.3, 0.4) is 0 Å². The summed E-state index contributed by atoms with van der Waals surface area (Å²) in [4.78, 5) is 47.9. The summed E-state index contributed by atoms with van der Waals surface area (Å²) in [7, 11) is -5.15. The fourth-order valence-electron chi connectivity index (χ4n) is 10.9. The van der Waals surface area contributed by atoms with Gasteiger partial charge in [0.25, 0.3) is 7.82 Å². The van der Waals surface area contributed by atoms with Gasteiger partial charge < -0.3 is 53.5 Å². The van der Waals surface area contributed by atoms with Gasteiger partial charge in [-0.05, 0) is 95.6 Å². The SMILES string of the molecule is CCC(C(=O)[C@H](C)[C@H](OCOP(=O)([O-])O)[C@@H](C)[C@H]1OC([C@H](CC)C(=O)O)CC[C@H]1C)[C@H]1O[C@@]2(C=C[C@@H](O)[C@@]3(CC[C@@](C)([C@H]4CC[C@](O)(CC)[C@H](C)O4)O3)O2)[C@H](C)C[C@@H]1C.[Cs+]. The first kappa shape index (κ1) is 53.3. The molecule has 0 aliphatic carbocycles. The number of aliphatic hydroxyl groups is 2. The van der Waals surface area contributed by atoms with Gasteiger partial charge >= 0.3 is 74.9 Å². The first-order valence-corrected chi connectivity index (χ1v) is 23.5. The van der Waals surface area contributed by atoms with Crippen LogP contribution in [0.5, 0.6) is 0 Å². The number of Topliss-reactive ketones (excluding diaryl/α,β-unsaturated/α-hetero) is 1. The van der Waals surface area contributed by atoms with Gasteiger partial charge in [0.05, 0.1) is 53.7 Å². The van der Waals surface area contributed by atoms with Crippen molar-refractivity contribution >= 4 is 19.6 Å². The van der Waals surface area contributed by atoms with Crippen LogP contribution >= 0.6 is 7.82 Å². The molecule has 60 heavy (non-hydrogen) atoms. The molecule has 0 aromatic heterocycles. The second kappa shape index (κ2) is 21.1. The number of hydrogen-bond donors (Lipinski definition) is 4. The maximum absolute atomic E-state index is 14.9. The molecule has 5 heterocycles. The molecule has 5 rings (SSSR count). The van der Waals surface area contributed by atoms with Crippen LogP contribution in [0.25, 0.3) is 0 Å². The van der Waals surface area contributed by atoms with Crippen LogP contribution < -0.4 is 73.8 Å². The summed E-state index contributed by atoms with van der Waals surface area (Å²) >= 11 is 0. The third kappa shape index (κ3) is 11.3. The van der Waals surface area contributed by atoms with Crippen molar-refractivity contribution in [1.82, 2.24) is 0 Å². The Morgan fingerprint density at radius 3 is 2.20 bits per heavy atom. The number of aliphatic hydroxyl groups excluding tert-OH is 1. The van der Waals surface area contributed by atoms with Gasteiger partial charge in [-0.25, -0.2) is 0 Å². The van der Waals surface area contributed by atoms with E-state index in [1.54, 1.807) is 26.0 Å². The van der Waals surface area contributed by atoms with Gasteiger partial charge in [0.2, 0.25) is 5.79 Å². The summed E-state index contributed by atoms with van der Waals surface area (Å²) in [5, 5.41) is 32.5. The average molecular weight is 993 g/mol. The molecule has 0 bridgehead atoms. The van der Waals surface area contributed by atoms with Gasteiger partial charge in [-0.3, -0.25) is 18.7 Å². The molecule has 19 atom stereocenters. The summed E-state index contributed by atoms with van der Waals surface area (Å²) < 4.78 is 55.8. The molecule has 2 spiro atoms. The normalized spacial score (nSPS) is 43.1. The molecule has 0 amide bonds. The Morgan fingerprint density at radius 1 is 0.950 bits per heavy atom. The smallest absolute Gasteiger partial charge is 0.756 e. The Kier molecular flexibility index (Phi) is 18.8. The second-order valence-electron chi connectivity index (χ2n) is 18.8. The number of aliphatic carboxylic acids is 1. The van der Waals surface area contributed by atoms with Crippen LogP contribution in [-0.4, -0.2) is 104 Å². The number of rotatable bonds is 16. The van der Waals surface area contributed by atoms with Crippen molar-refractivity contribution in [3.63, 3.8) is 0 Å². The van der Waals surface area contributed by atoms with Gasteiger partial charge in [0.15, 0.2) is 12.6 Å². The van der Waals surface area contributed by atoms with E-state index in [-0.39, 0.29) is 98.5 Å². The molecule has 4 fully saturated rings. The summed E-state index contributed by atoms with van der Waals surface area (Å²) in [5.41, 5.74) is -1.73. The zero-order valence-electron chi connectivity index (χ0n) is 37.7. The second-order valence-corrected chi connectivity index (χ2v) is 20.0. The molecule has 15 nitrogen and oxygen atoms in total. The van der Waals surface area contributed by atoms with E-state index in [1.807, 2.05) is 55.4 Å². The molecule has 3 unspecified atom stereocenters. The minimum atomic E-state index is -5.15. The fourth-order valence-corrected chi connectivity index (χ4v) is 11.1. The van der Waals surface area contributed by atoms with Gasteiger partial charge in [0.1, 0.15) is 11.9 Å². The zero-order valence-corrected chi connectivity index (χ0v) is 44.9.